The minimum Gasteiger partial charge on any atom is -0.489 e. The van der Waals surface area contributed by atoms with E-state index in [1.807, 2.05) is 47.5 Å². The van der Waals surface area contributed by atoms with Crippen LogP contribution in [0.1, 0.15) is 25.7 Å². The van der Waals surface area contributed by atoms with Crippen molar-refractivity contribution in [2.45, 2.75) is 31.8 Å². The monoisotopic (exact) mass is 406 g/mol. The van der Waals surface area contributed by atoms with Gasteiger partial charge in [0.2, 0.25) is 5.91 Å². The molecule has 5 heteroatoms. The standard InChI is InChI=1S/C24H23ClN2O2/c25-21-14-17(19-13-18-3-1-2-4-22(18)26-15-19)7-8-23(21)29-20-9-11-27(12-10-20)24(28)16-5-6-16/h1-4,7-8,13-16,20H,5-6,9-12H2. The van der Waals surface area contributed by atoms with Crippen LogP contribution in [0.4, 0.5) is 0 Å². The van der Waals surface area contributed by atoms with Crippen molar-refractivity contribution in [1.29, 1.82) is 0 Å². The number of carbonyl (C=O) groups is 1. The summed E-state index contributed by atoms with van der Waals surface area (Å²) < 4.78 is 6.17. The molecule has 3 aromatic rings. The predicted molar refractivity (Wildman–Crippen MR) is 115 cm³/mol. The van der Waals surface area contributed by atoms with Gasteiger partial charge in [0.1, 0.15) is 11.9 Å². The Bertz CT molecular complexity index is 1060. The van der Waals surface area contributed by atoms with Crippen molar-refractivity contribution >= 4 is 28.4 Å². The first-order chi connectivity index (χ1) is 14.2. The van der Waals surface area contributed by atoms with Gasteiger partial charge in [-0.25, -0.2) is 0 Å². The number of amides is 1. The van der Waals surface area contributed by atoms with E-state index in [0.29, 0.717) is 22.6 Å². The Morgan fingerprint density at radius 3 is 2.55 bits per heavy atom. The van der Waals surface area contributed by atoms with Gasteiger partial charge >= 0.3 is 0 Å². The molecular formula is C24H23ClN2O2. The molecule has 1 aromatic heterocycles. The van der Waals surface area contributed by atoms with Crippen LogP contribution in [0.15, 0.2) is 54.7 Å². The Kier molecular flexibility index (Phi) is 4.88. The second-order valence-corrected chi connectivity index (χ2v) is 8.39. The Hall–Kier alpha value is -2.59. The molecular weight excluding hydrogens is 384 g/mol. The minimum atomic E-state index is 0.101. The van der Waals surface area contributed by atoms with Crippen LogP contribution in [-0.4, -0.2) is 35.0 Å². The molecule has 1 saturated carbocycles. The van der Waals surface area contributed by atoms with Gasteiger partial charge in [-0.15, -0.1) is 0 Å². The van der Waals surface area contributed by atoms with E-state index in [9.17, 15) is 4.79 Å². The van der Waals surface area contributed by atoms with Gasteiger partial charge in [-0.05, 0) is 42.7 Å². The van der Waals surface area contributed by atoms with Crippen LogP contribution in [0.5, 0.6) is 5.75 Å². The normalized spacial score (nSPS) is 17.5. The molecule has 1 amide bonds. The van der Waals surface area contributed by atoms with Crippen molar-refractivity contribution in [2.24, 2.45) is 5.92 Å². The van der Waals surface area contributed by atoms with Crippen LogP contribution in [-0.2, 0) is 4.79 Å². The van der Waals surface area contributed by atoms with Gasteiger partial charge in [-0.1, -0.05) is 35.9 Å². The first-order valence-electron chi connectivity index (χ1n) is 10.3. The maximum absolute atomic E-state index is 12.2. The topological polar surface area (TPSA) is 42.4 Å². The summed E-state index contributed by atoms with van der Waals surface area (Å²) in [7, 11) is 0. The first-order valence-corrected chi connectivity index (χ1v) is 10.7. The Labute approximate surface area is 175 Å². The maximum Gasteiger partial charge on any atom is 0.225 e. The average Bonchev–Trinajstić information content (AvgIpc) is 3.60. The molecule has 0 spiro atoms. The number of para-hydroxylation sites is 1. The molecule has 29 heavy (non-hydrogen) atoms. The summed E-state index contributed by atoms with van der Waals surface area (Å²) in [6.07, 6.45) is 5.80. The zero-order valence-corrected chi connectivity index (χ0v) is 16.9. The fourth-order valence-corrected chi connectivity index (χ4v) is 4.19. The number of aromatic nitrogens is 1. The Balaban J connectivity index is 1.26. The third-order valence-electron chi connectivity index (χ3n) is 5.83. The summed E-state index contributed by atoms with van der Waals surface area (Å²) in [5.41, 5.74) is 3.03. The second kappa shape index (κ2) is 7.68. The van der Waals surface area contributed by atoms with E-state index < -0.39 is 0 Å². The fraction of sp³-hybridized carbons (Fsp3) is 0.333. The molecule has 1 saturated heterocycles. The maximum atomic E-state index is 12.2. The van der Waals surface area contributed by atoms with Crippen LogP contribution in [0.25, 0.3) is 22.0 Å². The number of carbonyl (C=O) groups excluding carboxylic acids is 1. The molecule has 5 rings (SSSR count). The van der Waals surface area contributed by atoms with Crippen molar-refractivity contribution in [3.8, 4) is 16.9 Å². The highest BCUT2D eigenvalue weighted by molar-refractivity contribution is 6.32. The number of piperidine rings is 1. The summed E-state index contributed by atoms with van der Waals surface area (Å²) >= 11 is 6.54. The van der Waals surface area contributed by atoms with E-state index in [1.165, 1.54) is 0 Å². The number of hydrogen-bond acceptors (Lipinski definition) is 3. The Morgan fingerprint density at radius 2 is 1.79 bits per heavy atom. The number of benzene rings is 2. The van der Waals surface area contributed by atoms with Gasteiger partial charge in [0, 0.05) is 49.0 Å². The van der Waals surface area contributed by atoms with Gasteiger partial charge in [-0.3, -0.25) is 9.78 Å². The zero-order chi connectivity index (χ0) is 19.8. The lowest BCUT2D eigenvalue weighted by molar-refractivity contribution is -0.134. The molecule has 2 aromatic carbocycles. The highest BCUT2D eigenvalue weighted by Gasteiger charge is 2.35. The molecule has 0 atom stereocenters. The van der Waals surface area contributed by atoms with Crippen LogP contribution in [0.2, 0.25) is 5.02 Å². The van der Waals surface area contributed by atoms with E-state index >= 15 is 0 Å². The summed E-state index contributed by atoms with van der Waals surface area (Å²) in [6, 6.07) is 16.1. The number of hydrogen-bond donors (Lipinski definition) is 0. The van der Waals surface area contributed by atoms with Crippen molar-refractivity contribution in [2.75, 3.05) is 13.1 Å². The van der Waals surface area contributed by atoms with Gasteiger partial charge in [0.05, 0.1) is 10.5 Å². The fourth-order valence-electron chi connectivity index (χ4n) is 3.97. The highest BCUT2D eigenvalue weighted by Crippen LogP contribution is 2.34. The lowest BCUT2D eigenvalue weighted by atomic mass is 10.0. The summed E-state index contributed by atoms with van der Waals surface area (Å²) in [4.78, 5) is 18.7. The molecule has 0 unspecified atom stereocenters. The van der Waals surface area contributed by atoms with Crippen LogP contribution in [0, 0.1) is 5.92 Å². The van der Waals surface area contributed by atoms with E-state index in [2.05, 4.69) is 17.1 Å². The summed E-state index contributed by atoms with van der Waals surface area (Å²) in [6.45, 7) is 1.55. The van der Waals surface area contributed by atoms with Crippen molar-refractivity contribution in [3.63, 3.8) is 0 Å². The molecule has 2 heterocycles. The second-order valence-electron chi connectivity index (χ2n) is 7.98. The SMILES string of the molecule is O=C(C1CC1)N1CCC(Oc2ccc(-c3cnc4ccccc4c3)cc2Cl)CC1. The third-order valence-corrected chi connectivity index (χ3v) is 6.12. The number of fused-ring (bicyclic) bond motifs is 1. The molecule has 2 aliphatic rings. The molecule has 1 aliphatic heterocycles. The third kappa shape index (κ3) is 3.95. The Morgan fingerprint density at radius 1 is 1.00 bits per heavy atom. The number of ether oxygens (including phenoxy) is 1. The number of halogens is 1. The molecule has 0 bridgehead atoms. The first kappa shape index (κ1) is 18.4. The van der Waals surface area contributed by atoms with E-state index in [0.717, 1.165) is 60.8 Å². The van der Waals surface area contributed by atoms with E-state index in [-0.39, 0.29) is 6.10 Å². The summed E-state index contributed by atoms with van der Waals surface area (Å²) in [5, 5.41) is 1.71. The number of rotatable bonds is 4. The highest BCUT2D eigenvalue weighted by atomic mass is 35.5. The largest absolute Gasteiger partial charge is 0.489 e. The van der Waals surface area contributed by atoms with Gasteiger partial charge in [0.25, 0.3) is 0 Å². The van der Waals surface area contributed by atoms with Crippen molar-refractivity contribution in [1.82, 2.24) is 9.88 Å². The van der Waals surface area contributed by atoms with E-state index in [1.54, 1.807) is 0 Å². The number of likely N-dealkylation sites (tertiary alicyclic amines) is 1. The van der Waals surface area contributed by atoms with Gasteiger partial charge in [-0.2, -0.15) is 0 Å². The average molecular weight is 407 g/mol. The number of nitrogens with zero attached hydrogens (tertiary/aromatic N) is 2. The smallest absolute Gasteiger partial charge is 0.225 e. The molecule has 0 N–H and O–H groups in total. The van der Waals surface area contributed by atoms with Gasteiger partial charge < -0.3 is 9.64 Å². The van der Waals surface area contributed by atoms with Crippen molar-refractivity contribution < 1.29 is 9.53 Å². The predicted octanol–water partition coefficient (Wildman–Crippen LogP) is 5.34. The molecule has 0 radical (unpaired) electrons. The quantitative estimate of drug-likeness (QED) is 0.587. The van der Waals surface area contributed by atoms with Crippen LogP contribution >= 0.6 is 11.6 Å². The summed E-state index contributed by atoms with van der Waals surface area (Å²) in [5.74, 6) is 1.32. The van der Waals surface area contributed by atoms with Crippen LogP contribution < -0.4 is 4.74 Å². The van der Waals surface area contributed by atoms with Crippen molar-refractivity contribution in [3.05, 3.63) is 59.8 Å². The number of pyridine rings is 1. The lowest BCUT2D eigenvalue weighted by Crippen LogP contribution is -2.42. The molecule has 1 aliphatic carbocycles. The van der Waals surface area contributed by atoms with Crippen LogP contribution in [0.3, 0.4) is 0 Å². The molecule has 148 valence electrons. The van der Waals surface area contributed by atoms with Gasteiger partial charge in [0.15, 0.2) is 0 Å². The lowest BCUT2D eigenvalue weighted by Gasteiger charge is -2.32. The minimum absolute atomic E-state index is 0.101. The molecule has 4 nitrogen and oxygen atoms in total. The molecule has 2 fully saturated rings. The zero-order valence-electron chi connectivity index (χ0n) is 16.2. The van der Waals surface area contributed by atoms with E-state index in [4.69, 9.17) is 16.3 Å².